The predicted molar refractivity (Wildman–Crippen MR) is 101 cm³/mol. The fraction of sp³-hybridized carbons (Fsp3) is 0.111. The van der Waals surface area contributed by atoms with Crippen molar-refractivity contribution in [2.24, 2.45) is 7.05 Å². The van der Waals surface area contributed by atoms with Crippen molar-refractivity contribution in [1.82, 2.24) is 14.8 Å². The van der Waals surface area contributed by atoms with Gasteiger partial charge in [0, 0.05) is 12.7 Å². The number of aromatic nitrogens is 3. The van der Waals surface area contributed by atoms with Gasteiger partial charge < -0.3 is 15.2 Å². The Balaban J connectivity index is 1.65. The Morgan fingerprint density at radius 3 is 2.50 bits per heavy atom. The van der Waals surface area contributed by atoms with Crippen LogP contribution in [0.2, 0.25) is 0 Å². The van der Waals surface area contributed by atoms with Gasteiger partial charge in [0.05, 0.1) is 17.0 Å². The lowest BCUT2D eigenvalue weighted by atomic mass is 10.1. The maximum Gasteiger partial charge on any atom is 0.257 e. The molecule has 0 radical (unpaired) electrons. The summed E-state index contributed by atoms with van der Waals surface area (Å²) in [5.74, 6) is -0.340. The van der Waals surface area contributed by atoms with Gasteiger partial charge in [-0.05, 0) is 24.3 Å². The van der Waals surface area contributed by atoms with Crippen LogP contribution in [0.15, 0.2) is 66.1 Å². The molecule has 3 rings (SSSR count). The fourth-order valence-electron chi connectivity index (χ4n) is 2.23. The van der Waals surface area contributed by atoms with E-state index in [1.807, 2.05) is 25.2 Å². The third kappa shape index (κ3) is 4.48. The molecule has 1 heterocycles. The molecule has 0 aliphatic carbocycles. The number of benzene rings is 2. The second-order valence-corrected chi connectivity index (χ2v) is 6.37. The normalized spacial score (nSPS) is 10.3. The molecule has 7 nitrogen and oxygen atoms in total. The van der Waals surface area contributed by atoms with Gasteiger partial charge in [0.15, 0.2) is 5.16 Å². The van der Waals surface area contributed by atoms with Crippen LogP contribution >= 0.6 is 11.8 Å². The van der Waals surface area contributed by atoms with E-state index in [0.717, 1.165) is 0 Å². The van der Waals surface area contributed by atoms with E-state index in [4.69, 9.17) is 0 Å². The topological polar surface area (TPSA) is 88.9 Å². The SMILES string of the molecule is Cn1cnnc1SCC(=O)Nc1ccccc1C(=O)Nc1ccccc1. The second-order valence-electron chi connectivity index (χ2n) is 5.43. The minimum atomic E-state index is -0.284. The molecule has 0 atom stereocenters. The lowest BCUT2D eigenvalue weighted by Crippen LogP contribution is -2.19. The highest BCUT2D eigenvalue weighted by Gasteiger charge is 2.14. The maximum absolute atomic E-state index is 12.5. The summed E-state index contributed by atoms with van der Waals surface area (Å²) in [7, 11) is 1.81. The zero-order valence-corrected chi connectivity index (χ0v) is 14.9. The van der Waals surface area contributed by atoms with Gasteiger partial charge in [0.1, 0.15) is 6.33 Å². The van der Waals surface area contributed by atoms with E-state index in [2.05, 4.69) is 20.8 Å². The van der Waals surface area contributed by atoms with E-state index in [1.165, 1.54) is 11.8 Å². The highest BCUT2D eigenvalue weighted by molar-refractivity contribution is 7.99. The van der Waals surface area contributed by atoms with Gasteiger partial charge in [-0.25, -0.2) is 0 Å². The van der Waals surface area contributed by atoms with Gasteiger partial charge in [-0.2, -0.15) is 0 Å². The highest BCUT2D eigenvalue weighted by atomic mass is 32.2. The number of hydrogen-bond acceptors (Lipinski definition) is 5. The number of nitrogens with one attached hydrogen (secondary N) is 2. The van der Waals surface area contributed by atoms with Crippen molar-refractivity contribution in [3.8, 4) is 0 Å². The van der Waals surface area contributed by atoms with E-state index in [9.17, 15) is 9.59 Å². The van der Waals surface area contributed by atoms with Crippen LogP contribution in [0, 0.1) is 0 Å². The molecule has 0 bridgehead atoms. The van der Waals surface area contributed by atoms with Crippen LogP contribution in [-0.4, -0.2) is 32.3 Å². The lowest BCUT2D eigenvalue weighted by Gasteiger charge is -2.11. The monoisotopic (exact) mass is 367 g/mol. The molecule has 26 heavy (non-hydrogen) atoms. The summed E-state index contributed by atoms with van der Waals surface area (Å²) in [4.78, 5) is 24.7. The Morgan fingerprint density at radius 1 is 1.04 bits per heavy atom. The highest BCUT2D eigenvalue weighted by Crippen LogP contribution is 2.19. The van der Waals surface area contributed by atoms with Gasteiger partial charge in [0.2, 0.25) is 5.91 Å². The molecule has 0 saturated carbocycles. The molecule has 0 aliphatic rings. The van der Waals surface area contributed by atoms with Crippen molar-refractivity contribution < 1.29 is 9.59 Å². The molecule has 1 aromatic heterocycles. The van der Waals surface area contributed by atoms with Crippen LogP contribution < -0.4 is 10.6 Å². The predicted octanol–water partition coefficient (Wildman–Crippen LogP) is 2.80. The first-order valence-electron chi connectivity index (χ1n) is 7.85. The molecule has 2 aromatic carbocycles. The quantitative estimate of drug-likeness (QED) is 0.654. The molecule has 0 spiro atoms. The minimum Gasteiger partial charge on any atom is -0.325 e. The second kappa shape index (κ2) is 8.30. The van der Waals surface area contributed by atoms with E-state index < -0.39 is 0 Å². The average molecular weight is 367 g/mol. The number of amides is 2. The summed E-state index contributed by atoms with van der Waals surface area (Å²) >= 11 is 1.27. The summed E-state index contributed by atoms with van der Waals surface area (Å²) < 4.78 is 1.74. The summed E-state index contributed by atoms with van der Waals surface area (Å²) in [5, 5.41) is 13.9. The van der Waals surface area contributed by atoms with Crippen molar-refractivity contribution in [3.63, 3.8) is 0 Å². The summed E-state index contributed by atoms with van der Waals surface area (Å²) in [6, 6.07) is 16.1. The summed E-state index contributed by atoms with van der Waals surface area (Å²) in [6.07, 6.45) is 1.57. The Morgan fingerprint density at radius 2 is 1.77 bits per heavy atom. The molecule has 0 unspecified atom stereocenters. The number of carbonyl (C=O) groups is 2. The fourth-order valence-corrected chi connectivity index (χ4v) is 2.92. The zero-order valence-electron chi connectivity index (χ0n) is 14.0. The van der Waals surface area contributed by atoms with Crippen LogP contribution in [0.1, 0.15) is 10.4 Å². The van der Waals surface area contributed by atoms with Crippen LogP contribution in [0.3, 0.4) is 0 Å². The number of rotatable bonds is 6. The smallest absolute Gasteiger partial charge is 0.257 e. The molecule has 8 heteroatoms. The van der Waals surface area contributed by atoms with Crippen molar-refractivity contribution in [2.75, 3.05) is 16.4 Å². The number of nitrogens with zero attached hydrogens (tertiary/aromatic N) is 3. The molecular formula is C18H17N5O2S. The van der Waals surface area contributed by atoms with Gasteiger partial charge in [-0.3, -0.25) is 9.59 Å². The molecule has 2 N–H and O–H groups in total. The molecular weight excluding hydrogens is 350 g/mol. The standard InChI is InChI=1S/C18H17N5O2S/c1-23-12-19-22-18(23)26-11-16(24)21-15-10-6-5-9-14(15)17(25)20-13-7-3-2-4-8-13/h2-10,12H,11H2,1H3,(H,20,25)(H,21,24). The summed E-state index contributed by atoms with van der Waals surface area (Å²) in [5.41, 5.74) is 1.55. The number of thioether (sulfide) groups is 1. The third-order valence-corrected chi connectivity index (χ3v) is 4.51. The summed E-state index contributed by atoms with van der Waals surface area (Å²) in [6.45, 7) is 0. The Bertz CT molecular complexity index is 911. The van der Waals surface area contributed by atoms with Crippen LogP contribution in [0.5, 0.6) is 0 Å². The molecule has 0 fully saturated rings. The number of hydrogen-bond donors (Lipinski definition) is 2. The largest absolute Gasteiger partial charge is 0.325 e. The third-order valence-electron chi connectivity index (χ3n) is 3.48. The number of carbonyl (C=O) groups excluding carboxylic acids is 2. The zero-order chi connectivity index (χ0) is 18.4. The molecule has 0 saturated heterocycles. The number of para-hydroxylation sites is 2. The van der Waals surface area contributed by atoms with Crippen LogP contribution in [-0.2, 0) is 11.8 Å². The van der Waals surface area contributed by atoms with Crippen molar-refractivity contribution in [1.29, 1.82) is 0 Å². The van der Waals surface area contributed by atoms with Gasteiger partial charge in [-0.15, -0.1) is 10.2 Å². The molecule has 132 valence electrons. The van der Waals surface area contributed by atoms with E-state index in [-0.39, 0.29) is 17.6 Å². The minimum absolute atomic E-state index is 0.168. The average Bonchev–Trinajstić information content (AvgIpc) is 3.06. The molecule has 2 amide bonds. The number of aryl methyl sites for hydroxylation is 1. The van der Waals surface area contributed by atoms with E-state index in [1.54, 1.807) is 47.3 Å². The van der Waals surface area contributed by atoms with E-state index >= 15 is 0 Å². The van der Waals surface area contributed by atoms with Crippen molar-refractivity contribution in [2.45, 2.75) is 5.16 Å². The van der Waals surface area contributed by atoms with Crippen LogP contribution in [0.25, 0.3) is 0 Å². The molecule has 0 aliphatic heterocycles. The first-order chi connectivity index (χ1) is 12.6. The van der Waals surface area contributed by atoms with Gasteiger partial charge >= 0.3 is 0 Å². The van der Waals surface area contributed by atoms with Crippen molar-refractivity contribution >= 4 is 35.0 Å². The Hall–Kier alpha value is -3.13. The number of anilines is 2. The maximum atomic E-state index is 12.5. The van der Waals surface area contributed by atoms with Crippen LogP contribution in [0.4, 0.5) is 11.4 Å². The first-order valence-corrected chi connectivity index (χ1v) is 8.84. The first kappa shape index (κ1) is 17.7. The lowest BCUT2D eigenvalue weighted by molar-refractivity contribution is -0.113. The molecule has 3 aromatic rings. The Labute approximate surface area is 154 Å². The van der Waals surface area contributed by atoms with Gasteiger partial charge in [0.25, 0.3) is 5.91 Å². The van der Waals surface area contributed by atoms with Crippen molar-refractivity contribution in [3.05, 3.63) is 66.5 Å². The Kier molecular flexibility index (Phi) is 5.65. The van der Waals surface area contributed by atoms with E-state index in [0.29, 0.717) is 22.1 Å². The van der Waals surface area contributed by atoms with Gasteiger partial charge in [-0.1, -0.05) is 42.1 Å².